The molecule has 2 N–H and O–H groups in total. The summed E-state index contributed by atoms with van der Waals surface area (Å²) in [5.74, 6) is -1.30. The van der Waals surface area contributed by atoms with Crippen molar-refractivity contribution in [3.63, 3.8) is 0 Å². The van der Waals surface area contributed by atoms with Crippen LogP contribution in [-0.2, 0) is 22.4 Å². The van der Waals surface area contributed by atoms with Crippen LogP contribution in [0.4, 0.5) is 0 Å². The molecule has 0 bridgehead atoms. The zero-order chi connectivity index (χ0) is 18.4. The topological polar surface area (TPSA) is 66.4 Å². The van der Waals surface area contributed by atoms with Crippen LogP contribution in [0.25, 0.3) is 0 Å². The second kappa shape index (κ2) is 9.09. The van der Waals surface area contributed by atoms with E-state index in [0.717, 1.165) is 5.56 Å². The lowest BCUT2D eigenvalue weighted by Crippen LogP contribution is -2.39. The molecule has 0 unspecified atom stereocenters. The minimum atomic E-state index is -0.989. The monoisotopic (exact) mass is 399 g/mol. The van der Waals surface area contributed by atoms with Gasteiger partial charge in [0.1, 0.15) is 0 Å². The summed E-state index contributed by atoms with van der Waals surface area (Å²) >= 11 is 17.9. The van der Waals surface area contributed by atoms with E-state index >= 15 is 0 Å². The van der Waals surface area contributed by atoms with Crippen LogP contribution in [0.3, 0.4) is 0 Å². The van der Waals surface area contributed by atoms with E-state index in [4.69, 9.17) is 39.9 Å². The first-order chi connectivity index (χ1) is 11.8. The molecule has 0 saturated heterocycles. The second-order valence-corrected chi connectivity index (χ2v) is 6.89. The maximum atomic E-state index is 12.3. The Kier molecular flexibility index (Phi) is 7.12. The fourth-order valence-corrected chi connectivity index (χ4v) is 3.14. The summed E-state index contributed by atoms with van der Waals surface area (Å²) in [4.78, 5) is 23.4. The molecule has 0 aliphatic carbocycles. The summed E-state index contributed by atoms with van der Waals surface area (Å²) in [6.07, 6.45) is 0.223. The van der Waals surface area contributed by atoms with Gasteiger partial charge in [-0.1, -0.05) is 53.0 Å². The van der Waals surface area contributed by atoms with Crippen LogP contribution in [-0.4, -0.2) is 23.0 Å². The number of rotatable bonds is 7. The molecule has 132 valence electrons. The van der Waals surface area contributed by atoms with Gasteiger partial charge < -0.3 is 10.4 Å². The van der Waals surface area contributed by atoms with Gasteiger partial charge in [-0.05, 0) is 41.8 Å². The first kappa shape index (κ1) is 19.6. The largest absolute Gasteiger partial charge is 0.481 e. The number of aliphatic carboxylic acids is 1. The van der Waals surface area contributed by atoms with Gasteiger partial charge in [0.25, 0.3) is 0 Å². The van der Waals surface area contributed by atoms with Gasteiger partial charge in [0, 0.05) is 21.1 Å². The van der Waals surface area contributed by atoms with Crippen molar-refractivity contribution in [2.45, 2.75) is 25.3 Å². The van der Waals surface area contributed by atoms with Crippen LogP contribution in [0.5, 0.6) is 0 Å². The van der Waals surface area contributed by atoms with Crippen LogP contribution in [0.15, 0.2) is 42.5 Å². The highest BCUT2D eigenvalue weighted by Crippen LogP contribution is 2.21. The highest BCUT2D eigenvalue weighted by molar-refractivity contribution is 6.35. The molecule has 0 spiro atoms. The predicted molar refractivity (Wildman–Crippen MR) is 99.5 cm³/mol. The quantitative estimate of drug-likeness (QED) is 0.724. The number of halogens is 3. The minimum absolute atomic E-state index is 0.0433. The lowest BCUT2D eigenvalue weighted by Gasteiger charge is -2.17. The number of nitrogens with one attached hydrogen (secondary N) is 1. The van der Waals surface area contributed by atoms with Crippen molar-refractivity contribution in [2.75, 3.05) is 0 Å². The summed E-state index contributed by atoms with van der Waals surface area (Å²) < 4.78 is 0. The summed E-state index contributed by atoms with van der Waals surface area (Å²) in [6.45, 7) is 0. The van der Waals surface area contributed by atoms with Crippen molar-refractivity contribution in [1.29, 1.82) is 0 Å². The molecule has 0 aromatic heterocycles. The number of hydrogen-bond donors (Lipinski definition) is 2. The summed E-state index contributed by atoms with van der Waals surface area (Å²) in [5.41, 5.74) is 1.48. The number of amides is 1. The molecule has 7 heteroatoms. The molecular formula is C18H16Cl3NO3. The van der Waals surface area contributed by atoms with Crippen LogP contribution in [0.1, 0.15) is 17.5 Å². The van der Waals surface area contributed by atoms with Crippen molar-refractivity contribution < 1.29 is 14.7 Å². The van der Waals surface area contributed by atoms with Gasteiger partial charge in [0.2, 0.25) is 5.91 Å². The number of carbonyl (C=O) groups excluding carboxylic acids is 1. The Morgan fingerprint density at radius 3 is 2.40 bits per heavy atom. The van der Waals surface area contributed by atoms with E-state index in [-0.39, 0.29) is 18.7 Å². The molecule has 2 rings (SSSR count). The molecule has 0 heterocycles. The van der Waals surface area contributed by atoms with Gasteiger partial charge in [-0.25, -0.2) is 0 Å². The molecule has 4 nitrogen and oxygen atoms in total. The zero-order valence-electron chi connectivity index (χ0n) is 13.1. The molecule has 1 amide bonds. The smallest absolute Gasteiger partial charge is 0.305 e. The zero-order valence-corrected chi connectivity index (χ0v) is 15.4. The van der Waals surface area contributed by atoms with Crippen molar-refractivity contribution in [3.8, 4) is 0 Å². The fourth-order valence-electron chi connectivity index (χ4n) is 2.45. The molecule has 0 fully saturated rings. The molecule has 0 aliphatic heterocycles. The Morgan fingerprint density at radius 2 is 1.76 bits per heavy atom. The van der Waals surface area contributed by atoms with E-state index in [9.17, 15) is 9.59 Å². The third-order valence-electron chi connectivity index (χ3n) is 3.52. The van der Waals surface area contributed by atoms with Gasteiger partial charge in [-0.2, -0.15) is 0 Å². The standard InChI is InChI=1S/C18H16Cl3NO3/c19-13-3-1-2-11(6-13)7-15(10-18(24)25)22-17(23)8-12-4-5-14(20)9-16(12)21/h1-6,9,15H,7-8,10H2,(H,22,23)(H,24,25)/t15-/m1/s1. The average Bonchev–Trinajstić information content (AvgIpc) is 2.49. The van der Waals surface area contributed by atoms with E-state index in [1.54, 1.807) is 36.4 Å². The van der Waals surface area contributed by atoms with Crippen molar-refractivity contribution in [1.82, 2.24) is 5.32 Å². The number of benzene rings is 2. The van der Waals surface area contributed by atoms with E-state index in [0.29, 0.717) is 27.1 Å². The Hall–Kier alpha value is -1.75. The maximum Gasteiger partial charge on any atom is 0.305 e. The van der Waals surface area contributed by atoms with E-state index in [1.165, 1.54) is 0 Å². The SMILES string of the molecule is O=C(O)C[C@@H](Cc1cccc(Cl)c1)NC(=O)Cc1ccc(Cl)cc1Cl. The molecule has 0 aliphatic rings. The highest BCUT2D eigenvalue weighted by Gasteiger charge is 2.18. The second-order valence-electron chi connectivity index (χ2n) is 5.61. The summed E-state index contributed by atoms with van der Waals surface area (Å²) in [7, 11) is 0. The lowest BCUT2D eigenvalue weighted by molar-refractivity contribution is -0.137. The number of hydrogen-bond acceptors (Lipinski definition) is 2. The number of carboxylic acid groups (broad SMARTS) is 1. The van der Waals surface area contributed by atoms with E-state index in [1.807, 2.05) is 6.07 Å². The Balaban J connectivity index is 2.05. The predicted octanol–water partition coefficient (Wildman–Crippen LogP) is 4.39. The first-order valence-corrected chi connectivity index (χ1v) is 8.66. The molecule has 1 atom stereocenters. The molecule has 0 saturated carbocycles. The Labute approximate surface area is 160 Å². The van der Waals surface area contributed by atoms with Crippen LogP contribution < -0.4 is 5.32 Å². The number of carbonyl (C=O) groups is 2. The van der Waals surface area contributed by atoms with Gasteiger partial charge in [-0.3, -0.25) is 9.59 Å². The maximum absolute atomic E-state index is 12.3. The molecule has 2 aromatic carbocycles. The normalized spacial score (nSPS) is 11.8. The molecular weight excluding hydrogens is 385 g/mol. The molecule has 0 radical (unpaired) electrons. The average molecular weight is 401 g/mol. The minimum Gasteiger partial charge on any atom is -0.481 e. The van der Waals surface area contributed by atoms with Crippen LogP contribution in [0, 0.1) is 0 Å². The van der Waals surface area contributed by atoms with Gasteiger partial charge in [0.05, 0.1) is 12.8 Å². The Morgan fingerprint density at radius 1 is 1.04 bits per heavy atom. The van der Waals surface area contributed by atoms with Gasteiger partial charge in [0.15, 0.2) is 0 Å². The highest BCUT2D eigenvalue weighted by atomic mass is 35.5. The first-order valence-electron chi connectivity index (χ1n) is 7.53. The van der Waals surface area contributed by atoms with Crippen molar-refractivity contribution in [3.05, 3.63) is 68.7 Å². The summed E-state index contributed by atoms with van der Waals surface area (Å²) in [6, 6.07) is 11.4. The third-order valence-corrected chi connectivity index (χ3v) is 4.35. The number of carboxylic acids is 1. The summed E-state index contributed by atoms with van der Waals surface area (Å²) in [5, 5.41) is 13.3. The van der Waals surface area contributed by atoms with Crippen molar-refractivity contribution in [2.24, 2.45) is 0 Å². The fraction of sp³-hybridized carbons (Fsp3) is 0.222. The van der Waals surface area contributed by atoms with Crippen LogP contribution in [0.2, 0.25) is 15.1 Å². The molecule has 25 heavy (non-hydrogen) atoms. The van der Waals surface area contributed by atoms with Gasteiger partial charge in [-0.15, -0.1) is 0 Å². The van der Waals surface area contributed by atoms with E-state index in [2.05, 4.69) is 5.32 Å². The third kappa shape index (κ3) is 6.58. The van der Waals surface area contributed by atoms with Crippen LogP contribution >= 0.6 is 34.8 Å². The van der Waals surface area contributed by atoms with Crippen molar-refractivity contribution >= 4 is 46.7 Å². The Bertz CT molecular complexity index is 780. The lowest BCUT2D eigenvalue weighted by atomic mass is 10.0. The molecule has 2 aromatic rings. The van der Waals surface area contributed by atoms with E-state index < -0.39 is 12.0 Å². The van der Waals surface area contributed by atoms with Gasteiger partial charge >= 0.3 is 5.97 Å².